The number of piperidine rings is 1. The van der Waals surface area contributed by atoms with E-state index in [1.165, 1.54) is 76.4 Å². The summed E-state index contributed by atoms with van der Waals surface area (Å²) in [6, 6.07) is 13.5. The molecule has 13 heteroatoms. The third kappa shape index (κ3) is 5.99. The molecule has 2 aromatic carbocycles. The number of methoxy groups -OCH3 is 1. The summed E-state index contributed by atoms with van der Waals surface area (Å²) in [5, 5.41) is 13.5. The zero-order valence-corrected chi connectivity index (χ0v) is 27.0. The number of esters is 1. The van der Waals surface area contributed by atoms with Gasteiger partial charge in [-0.05, 0) is 44.0 Å². The van der Waals surface area contributed by atoms with Crippen LogP contribution < -0.4 is 20.6 Å². The second-order valence-corrected chi connectivity index (χ2v) is 12.5. The molecule has 0 saturated carbocycles. The molecule has 246 valence electrons. The van der Waals surface area contributed by atoms with Crippen LogP contribution in [0.2, 0.25) is 0 Å². The molecule has 2 unspecified atom stereocenters. The van der Waals surface area contributed by atoms with Crippen LogP contribution in [0.5, 0.6) is 0 Å². The summed E-state index contributed by atoms with van der Waals surface area (Å²) in [6.07, 6.45) is 7.84. The monoisotopic (exact) mass is 647 g/mol. The molecular formula is C35H37N9O4. The number of carbonyl (C=O) groups is 2. The van der Waals surface area contributed by atoms with Crippen molar-refractivity contribution in [3.8, 4) is 0 Å². The number of ether oxygens (including phenoxy) is 1. The van der Waals surface area contributed by atoms with Crippen LogP contribution >= 0.6 is 0 Å². The van der Waals surface area contributed by atoms with Crippen LogP contribution in [0, 0.1) is 13.8 Å². The van der Waals surface area contributed by atoms with Gasteiger partial charge in [0.2, 0.25) is 11.9 Å². The van der Waals surface area contributed by atoms with Gasteiger partial charge < -0.3 is 24.8 Å². The summed E-state index contributed by atoms with van der Waals surface area (Å²) in [5.41, 5.74) is 11.1. The summed E-state index contributed by atoms with van der Waals surface area (Å²) in [5.74, 6) is 0.635. The van der Waals surface area contributed by atoms with Crippen molar-refractivity contribution in [2.45, 2.75) is 45.2 Å². The molecule has 4 N–H and O–H groups in total. The van der Waals surface area contributed by atoms with Crippen LogP contribution in [0.15, 0.2) is 61.2 Å². The fourth-order valence-electron chi connectivity index (χ4n) is 6.81. The van der Waals surface area contributed by atoms with Gasteiger partial charge in [0.15, 0.2) is 0 Å². The fourth-order valence-corrected chi connectivity index (χ4v) is 6.81. The van der Waals surface area contributed by atoms with E-state index in [0.29, 0.717) is 29.4 Å². The second kappa shape index (κ2) is 12.9. The Morgan fingerprint density at radius 3 is 2.33 bits per heavy atom. The summed E-state index contributed by atoms with van der Waals surface area (Å²) in [4.78, 5) is 47.9. The van der Waals surface area contributed by atoms with Gasteiger partial charge in [0.25, 0.3) is 5.91 Å². The summed E-state index contributed by atoms with van der Waals surface area (Å²) >= 11 is 0. The van der Waals surface area contributed by atoms with E-state index in [0.717, 1.165) is 39.0 Å². The van der Waals surface area contributed by atoms with Crippen molar-refractivity contribution in [3.63, 3.8) is 0 Å². The molecule has 48 heavy (non-hydrogen) atoms. The first-order valence-electron chi connectivity index (χ1n) is 15.9. The highest BCUT2D eigenvalue weighted by atomic mass is 16.5. The zero-order valence-electron chi connectivity index (χ0n) is 27.0. The van der Waals surface area contributed by atoms with Gasteiger partial charge in [-0.25, -0.2) is 30.2 Å². The second-order valence-electron chi connectivity index (χ2n) is 12.5. The Hall–Kier alpha value is -5.56. The van der Waals surface area contributed by atoms with E-state index in [-0.39, 0.29) is 5.56 Å². The molecule has 5 aromatic rings. The average Bonchev–Trinajstić information content (AvgIpc) is 3.68. The third-order valence-corrected chi connectivity index (χ3v) is 9.32. The molecule has 2 atom stereocenters. The lowest BCUT2D eigenvalue weighted by Gasteiger charge is -2.35. The molecule has 13 nitrogen and oxygen atoms in total. The largest absolute Gasteiger partial charge is 0.465 e. The van der Waals surface area contributed by atoms with Crippen LogP contribution in [0.4, 0.5) is 17.6 Å². The molecular weight excluding hydrogens is 610 g/mol. The predicted molar refractivity (Wildman–Crippen MR) is 181 cm³/mol. The number of benzene rings is 2. The summed E-state index contributed by atoms with van der Waals surface area (Å²) < 4.78 is 4.68. The van der Waals surface area contributed by atoms with Gasteiger partial charge in [0.1, 0.15) is 0 Å². The highest BCUT2D eigenvalue weighted by Gasteiger charge is 2.37. The normalized spacial score (nSPS) is 17.8. The van der Waals surface area contributed by atoms with E-state index in [2.05, 4.69) is 95.0 Å². The number of rotatable bonds is 4. The number of anilines is 3. The van der Waals surface area contributed by atoms with Gasteiger partial charge in [-0.2, -0.15) is 0 Å². The first-order valence-corrected chi connectivity index (χ1v) is 15.9. The molecule has 3 aliphatic heterocycles. The van der Waals surface area contributed by atoms with Crippen molar-refractivity contribution >= 4 is 40.4 Å². The van der Waals surface area contributed by atoms with Gasteiger partial charge in [-0.1, -0.05) is 29.3 Å². The number of hydroxylamine groups is 1. The fraction of sp³-hybridized carbons (Fsp3) is 0.314. The Bertz CT molecular complexity index is 1980. The molecule has 3 aromatic heterocycles. The van der Waals surface area contributed by atoms with E-state index < -0.39 is 11.9 Å². The molecule has 0 spiro atoms. The van der Waals surface area contributed by atoms with Crippen LogP contribution in [-0.4, -0.2) is 74.8 Å². The van der Waals surface area contributed by atoms with Crippen LogP contribution in [0.3, 0.4) is 0 Å². The SMILES string of the molecule is COC(=O)c1cnc(N2CCc3[nH]c4ccc(C)cc4c3C2)nc1.Cc1ccc2c(c1)C1CN(c3ncc(C(=O)NO)cn3)CCC1N2. The minimum atomic E-state index is -0.607. The van der Waals surface area contributed by atoms with Crippen molar-refractivity contribution in [2.75, 3.05) is 41.9 Å². The molecule has 8 rings (SSSR count). The van der Waals surface area contributed by atoms with Gasteiger partial charge in [-0.3, -0.25) is 10.0 Å². The van der Waals surface area contributed by atoms with Crippen molar-refractivity contribution in [2.24, 2.45) is 0 Å². The number of nitrogens with one attached hydrogen (secondary N) is 3. The Morgan fingerprint density at radius 1 is 0.917 bits per heavy atom. The Morgan fingerprint density at radius 2 is 1.60 bits per heavy atom. The van der Waals surface area contributed by atoms with E-state index in [9.17, 15) is 9.59 Å². The lowest BCUT2D eigenvalue weighted by Crippen LogP contribution is -2.42. The third-order valence-electron chi connectivity index (χ3n) is 9.32. The number of fused-ring (bicyclic) bond motifs is 6. The first kappa shape index (κ1) is 31.1. The van der Waals surface area contributed by atoms with E-state index >= 15 is 0 Å². The molecule has 0 aliphatic carbocycles. The zero-order chi connectivity index (χ0) is 33.4. The first-order chi connectivity index (χ1) is 23.3. The minimum absolute atomic E-state index is 0.236. The highest BCUT2D eigenvalue weighted by Crippen LogP contribution is 2.41. The average molecular weight is 648 g/mol. The number of nitrogens with zero attached hydrogens (tertiary/aromatic N) is 6. The Labute approximate surface area is 277 Å². The van der Waals surface area contributed by atoms with Gasteiger partial charge >= 0.3 is 5.97 Å². The molecule has 0 bridgehead atoms. The van der Waals surface area contributed by atoms with Crippen LogP contribution in [0.1, 0.15) is 61.0 Å². The number of aryl methyl sites for hydroxylation is 2. The number of hydrogen-bond acceptors (Lipinski definition) is 11. The quantitative estimate of drug-likeness (QED) is 0.125. The smallest absolute Gasteiger partial charge is 0.341 e. The lowest BCUT2D eigenvalue weighted by molar-refractivity contribution is 0.0599. The van der Waals surface area contributed by atoms with Crippen molar-refractivity contribution < 1.29 is 19.5 Å². The summed E-state index contributed by atoms with van der Waals surface area (Å²) in [6.45, 7) is 7.54. The lowest BCUT2D eigenvalue weighted by atomic mass is 9.89. The van der Waals surface area contributed by atoms with Crippen LogP contribution in [0.25, 0.3) is 10.9 Å². The maximum absolute atomic E-state index is 11.5. The molecule has 1 saturated heterocycles. The van der Waals surface area contributed by atoms with Crippen molar-refractivity contribution in [3.05, 3.63) is 100 Å². The molecule has 1 amide bonds. The molecule has 3 aliphatic rings. The van der Waals surface area contributed by atoms with Gasteiger partial charge in [0.05, 0.1) is 18.2 Å². The predicted octanol–water partition coefficient (Wildman–Crippen LogP) is 4.31. The highest BCUT2D eigenvalue weighted by molar-refractivity contribution is 5.92. The Balaban J connectivity index is 0.000000152. The number of H-pyrrole nitrogens is 1. The molecule has 6 heterocycles. The Kier molecular flexibility index (Phi) is 8.36. The van der Waals surface area contributed by atoms with E-state index in [4.69, 9.17) is 5.21 Å². The summed E-state index contributed by atoms with van der Waals surface area (Å²) in [7, 11) is 1.35. The van der Waals surface area contributed by atoms with E-state index in [1.54, 1.807) is 5.48 Å². The minimum Gasteiger partial charge on any atom is -0.465 e. The van der Waals surface area contributed by atoms with E-state index in [1.807, 2.05) is 0 Å². The van der Waals surface area contributed by atoms with Gasteiger partial charge in [0, 0.05) is 97.2 Å². The number of carbonyl (C=O) groups excluding carboxylic acids is 2. The maximum Gasteiger partial charge on any atom is 0.341 e. The van der Waals surface area contributed by atoms with Crippen molar-refractivity contribution in [1.82, 2.24) is 30.4 Å². The maximum atomic E-state index is 11.5. The van der Waals surface area contributed by atoms with Crippen LogP contribution in [-0.2, 0) is 17.7 Å². The number of amides is 1. The topological polar surface area (TPSA) is 161 Å². The number of aromatic nitrogens is 5. The standard InChI is InChI=1S/C18H18N4O2.C17H19N5O2/c1-11-3-4-15-13(7-11)14-10-22(6-5-16(14)21-15)18-19-8-12(9-20-18)17(23)24-2;1-10-2-3-14-12(6-10)13-9-22(5-4-15(13)20-14)17-18-7-11(8-19-17)16(23)21-24/h3-4,7-9,21H,5-6,10H2,1-2H3;2-3,6-8,13,15,20,24H,4-5,9H2,1H3,(H,21,23). The van der Waals surface area contributed by atoms with Gasteiger partial charge in [-0.15, -0.1) is 0 Å². The van der Waals surface area contributed by atoms with Crippen molar-refractivity contribution in [1.29, 1.82) is 0 Å². The number of aromatic amines is 1. The molecule has 1 fully saturated rings. The molecule has 0 radical (unpaired) electrons. The number of hydrogen-bond donors (Lipinski definition) is 4.